The molecular weight excluding hydrogens is 262 g/mol. The molecule has 0 spiro atoms. The average Bonchev–Trinajstić information content (AvgIpc) is 2.43. The van der Waals surface area contributed by atoms with Gasteiger partial charge in [0.15, 0.2) is 0 Å². The van der Waals surface area contributed by atoms with E-state index in [9.17, 15) is 13.6 Å². The van der Waals surface area contributed by atoms with Crippen LogP contribution in [0.1, 0.15) is 39.0 Å². The van der Waals surface area contributed by atoms with Gasteiger partial charge in [0.1, 0.15) is 17.7 Å². The van der Waals surface area contributed by atoms with E-state index in [0.29, 0.717) is 0 Å². The van der Waals surface area contributed by atoms with Crippen LogP contribution >= 0.6 is 0 Å². The van der Waals surface area contributed by atoms with E-state index in [1.165, 1.54) is 12.5 Å². The minimum absolute atomic E-state index is 0.137. The number of amides is 1. The Morgan fingerprint density at radius 1 is 1.25 bits per heavy atom. The highest BCUT2D eigenvalue weighted by Gasteiger charge is 2.20. The number of hydrogen-bond donors (Lipinski definition) is 2. The molecule has 110 valence electrons. The molecule has 1 unspecified atom stereocenters. The lowest BCUT2D eigenvalue weighted by Crippen LogP contribution is -2.44. The van der Waals surface area contributed by atoms with Crippen molar-refractivity contribution < 1.29 is 13.6 Å². The SMILES string of the molecule is CC(Nc1ccc(F)cc1F)C(=O)NC1CCCCC1. The van der Waals surface area contributed by atoms with Crippen LogP contribution in [0.3, 0.4) is 0 Å². The summed E-state index contributed by atoms with van der Waals surface area (Å²) in [5.41, 5.74) is 0.137. The summed E-state index contributed by atoms with van der Waals surface area (Å²) < 4.78 is 26.3. The summed E-state index contributed by atoms with van der Waals surface area (Å²) >= 11 is 0. The normalized spacial score (nSPS) is 17.6. The van der Waals surface area contributed by atoms with Gasteiger partial charge in [-0.1, -0.05) is 19.3 Å². The Morgan fingerprint density at radius 2 is 1.95 bits per heavy atom. The fourth-order valence-corrected chi connectivity index (χ4v) is 2.48. The average molecular weight is 282 g/mol. The number of carbonyl (C=O) groups excluding carboxylic acids is 1. The van der Waals surface area contributed by atoms with Crippen molar-refractivity contribution in [1.29, 1.82) is 0 Å². The highest BCUT2D eigenvalue weighted by molar-refractivity contribution is 5.84. The first-order valence-electron chi connectivity index (χ1n) is 7.08. The predicted octanol–water partition coefficient (Wildman–Crippen LogP) is 3.21. The van der Waals surface area contributed by atoms with Crippen molar-refractivity contribution in [3.05, 3.63) is 29.8 Å². The molecule has 1 atom stereocenters. The predicted molar refractivity (Wildman–Crippen MR) is 74.5 cm³/mol. The van der Waals surface area contributed by atoms with Gasteiger partial charge in [0.2, 0.25) is 5.91 Å². The molecule has 1 aromatic carbocycles. The van der Waals surface area contributed by atoms with Crippen molar-refractivity contribution >= 4 is 11.6 Å². The van der Waals surface area contributed by atoms with Gasteiger partial charge in [0.05, 0.1) is 5.69 Å². The fourth-order valence-electron chi connectivity index (χ4n) is 2.48. The van der Waals surface area contributed by atoms with Crippen molar-refractivity contribution in [3.63, 3.8) is 0 Å². The van der Waals surface area contributed by atoms with Gasteiger partial charge < -0.3 is 10.6 Å². The number of rotatable bonds is 4. The molecule has 0 aliphatic heterocycles. The van der Waals surface area contributed by atoms with Crippen LogP contribution in [0.2, 0.25) is 0 Å². The third kappa shape index (κ3) is 3.92. The minimum atomic E-state index is -0.692. The van der Waals surface area contributed by atoms with E-state index in [0.717, 1.165) is 37.8 Å². The van der Waals surface area contributed by atoms with Crippen LogP contribution < -0.4 is 10.6 Å². The molecule has 0 bridgehead atoms. The maximum Gasteiger partial charge on any atom is 0.242 e. The van der Waals surface area contributed by atoms with Crippen LogP contribution in [0.15, 0.2) is 18.2 Å². The number of benzene rings is 1. The smallest absolute Gasteiger partial charge is 0.242 e. The Hall–Kier alpha value is -1.65. The van der Waals surface area contributed by atoms with Crippen LogP contribution in [-0.2, 0) is 4.79 Å². The van der Waals surface area contributed by atoms with Gasteiger partial charge in [-0.25, -0.2) is 8.78 Å². The molecular formula is C15H20F2N2O. The van der Waals surface area contributed by atoms with E-state index in [-0.39, 0.29) is 17.6 Å². The van der Waals surface area contributed by atoms with E-state index >= 15 is 0 Å². The van der Waals surface area contributed by atoms with Crippen LogP contribution in [0.4, 0.5) is 14.5 Å². The summed E-state index contributed by atoms with van der Waals surface area (Å²) in [6.07, 6.45) is 5.51. The zero-order valence-electron chi connectivity index (χ0n) is 11.6. The quantitative estimate of drug-likeness (QED) is 0.890. The summed E-state index contributed by atoms with van der Waals surface area (Å²) in [7, 11) is 0. The Labute approximate surface area is 117 Å². The van der Waals surface area contributed by atoms with Gasteiger partial charge in [-0.2, -0.15) is 0 Å². The molecule has 5 heteroatoms. The number of anilines is 1. The molecule has 3 nitrogen and oxygen atoms in total. The monoisotopic (exact) mass is 282 g/mol. The number of nitrogens with one attached hydrogen (secondary N) is 2. The maximum atomic E-state index is 13.5. The van der Waals surface area contributed by atoms with Gasteiger partial charge in [0, 0.05) is 12.1 Å². The number of carbonyl (C=O) groups is 1. The summed E-state index contributed by atoms with van der Waals surface area (Å²) in [5, 5.41) is 5.74. The van der Waals surface area contributed by atoms with Gasteiger partial charge in [0.25, 0.3) is 0 Å². The third-order valence-electron chi connectivity index (χ3n) is 3.65. The molecule has 0 saturated heterocycles. The molecule has 0 aromatic heterocycles. The molecule has 2 N–H and O–H groups in total. The van der Waals surface area contributed by atoms with Crippen molar-refractivity contribution in [2.24, 2.45) is 0 Å². The molecule has 0 heterocycles. The van der Waals surface area contributed by atoms with E-state index in [2.05, 4.69) is 10.6 Å². The second kappa shape index (κ2) is 6.68. The summed E-state index contributed by atoms with van der Waals surface area (Å²) in [6, 6.07) is 2.93. The molecule has 0 radical (unpaired) electrons. The maximum absolute atomic E-state index is 13.5. The van der Waals surface area contributed by atoms with Crippen LogP contribution in [-0.4, -0.2) is 18.0 Å². The van der Waals surface area contributed by atoms with Gasteiger partial charge in [-0.3, -0.25) is 4.79 Å². The van der Waals surface area contributed by atoms with E-state index in [1.54, 1.807) is 6.92 Å². The van der Waals surface area contributed by atoms with Gasteiger partial charge >= 0.3 is 0 Å². The molecule has 1 aromatic rings. The van der Waals surface area contributed by atoms with Crippen LogP contribution in [0.5, 0.6) is 0 Å². The fraction of sp³-hybridized carbons (Fsp3) is 0.533. The first kappa shape index (κ1) is 14.8. The molecule has 2 rings (SSSR count). The summed E-state index contributed by atoms with van der Waals surface area (Å²) in [5.74, 6) is -1.48. The van der Waals surface area contributed by atoms with E-state index < -0.39 is 17.7 Å². The lowest BCUT2D eigenvalue weighted by atomic mass is 9.95. The van der Waals surface area contributed by atoms with Crippen LogP contribution in [0.25, 0.3) is 0 Å². The molecule has 20 heavy (non-hydrogen) atoms. The Bertz CT molecular complexity index is 473. The lowest BCUT2D eigenvalue weighted by molar-refractivity contribution is -0.122. The van der Waals surface area contributed by atoms with E-state index in [4.69, 9.17) is 0 Å². The minimum Gasteiger partial charge on any atom is -0.372 e. The zero-order valence-corrected chi connectivity index (χ0v) is 11.6. The second-order valence-electron chi connectivity index (χ2n) is 5.33. The summed E-state index contributed by atoms with van der Waals surface area (Å²) in [6.45, 7) is 1.67. The topological polar surface area (TPSA) is 41.1 Å². The summed E-state index contributed by atoms with van der Waals surface area (Å²) in [4.78, 5) is 12.0. The van der Waals surface area contributed by atoms with Crippen molar-refractivity contribution in [1.82, 2.24) is 5.32 Å². The van der Waals surface area contributed by atoms with E-state index in [1.807, 2.05) is 0 Å². The van der Waals surface area contributed by atoms with Crippen molar-refractivity contribution in [2.45, 2.75) is 51.1 Å². The molecule has 1 aliphatic rings. The Balaban J connectivity index is 1.89. The van der Waals surface area contributed by atoms with Crippen molar-refractivity contribution in [3.8, 4) is 0 Å². The standard InChI is InChI=1S/C15H20F2N2O/c1-10(15(20)19-12-5-3-2-4-6-12)18-14-8-7-11(16)9-13(14)17/h7-10,12,18H,2-6H2,1H3,(H,19,20). The molecule has 1 saturated carbocycles. The third-order valence-corrected chi connectivity index (χ3v) is 3.65. The first-order valence-corrected chi connectivity index (χ1v) is 7.08. The lowest BCUT2D eigenvalue weighted by Gasteiger charge is -2.25. The van der Waals surface area contributed by atoms with Crippen LogP contribution in [0, 0.1) is 11.6 Å². The molecule has 1 aliphatic carbocycles. The highest BCUT2D eigenvalue weighted by Crippen LogP contribution is 2.18. The van der Waals surface area contributed by atoms with Gasteiger partial charge in [-0.15, -0.1) is 0 Å². The van der Waals surface area contributed by atoms with Crippen molar-refractivity contribution in [2.75, 3.05) is 5.32 Å². The van der Waals surface area contributed by atoms with Gasteiger partial charge in [-0.05, 0) is 31.9 Å². The Morgan fingerprint density at radius 3 is 2.60 bits per heavy atom. The zero-order chi connectivity index (χ0) is 14.5. The second-order valence-corrected chi connectivity index (χ2v) is 5.33. The first-order chi connectivity index (χ1) is 9.56. The Kier molecular flexibility index (Phi) is 4.93. The largest absolute Gasteiger partial charge is 0.372 e. The molecule has 1 fully saturated rings. The number of halogens is 2. The highest BCUT2D eigenvalue weighted by atomic mass is 19.1. The number of hydrogen-bond acceptors (Lipinski definition) is 2. The molecule has 1 amide bonds.